The summed E-state index contributed by atoms with van der Waals surface area (Å²) in [6, 6.07) is 3.65. The zero-order chi connectivity index (χ0) is 14.1. The molecule has 1 aromatic rings. The Kier molecular flexibility index (Phi) is 7.18. The summed E-state index contributed by atoms with van der Waals surface area (Å²) in [6.07, 6.45) is 4.92. The van der Waals surface area contributed by atoms with E-state index in [4.69, 9.17) is 0 Å². The van der Waals surface area contributed by atoms with Gasteiger partial charge in [0.25, 0.3) is 0 Å². The van der Waals surface area contributed by atoms with Crippen LogP contribution in [-0.4, -0.2) is 11.8 Å². The van der Waals surface area contributed by atoms with Crippen LogP contribution in [0.4, 0.5) is 10.0 Å². The van der Waals surface area contributed by atoms with E-state index in [1.165, 1.54) is 11.3 Å². The zero-order valence-corrected chi connectivity index (χ0v) is 12.4. The van der Waals surface area contributed by atoms with E-state index in [9.17, 15) is 9.59 Å². The predicted molar refractivity (Wildman–Crippen MR) is 80.6 cm³/mol. The van der Waals surface area contributed by atoms with Gasteiger partial charge in [0.2, 0.25) is 11.8 Å². The van der Waals surface area contributed by atoms with Gasteiger partial charge in [-0.3, -0.25) is 9.59 Å². The zero-order valence-electron chi connectivity index (χ0n) is 11.6. The Hall–Kier alpha value is -1.36. The number of hydrogen-bond donors (Lipinski definition) is 2. The number of amides is 2. The minimum absolute atomic E-state index is 0.0348. The fourth-order valence-corrected chi connectivity index (χ4v) is 2.39. The van der Waals surface area contributed by atoms with Gasteiger partial charge < -0.3 is 10.6 Å². The van der Waals surface area contributed by atoms with Crippen molar-refractivity contribution >= 4 is 33.2 Å². The van der Waals surface area contributed by atoms with Crippen molar-refractivity contribution < 1.29 is 9.59 Å². The van der Waals surface area contributed by atoms with Gasteiger partial charge in [-0.1, -0.05) is 26.7 Å². The number of nitrogens with one attached hydrogen (secondary N) is 2. The fourth-order valence-electron chi connectivity index (χ4n) is 1.55. The van der Waals surface area contributed by atoms with Crippen LogP contribution in [0, 0.1) is 0 Å². The van der Waals surface area contributed by atoms with Crippen molar-refractivity contribution in [1.29, 1.82) is 0 Å². The minimum Gasteiger partial charge on any atom is -0.318 e. The van der Waals surface area contributed by atoms with Crippen LogP contribution in [0.25, 0.3) is 0 Å². The summed E-state index contributed by atoms with van der Waals surface area (Å²) in [5.41, 5.74) is 0. The van der Waals surface area contributed by atoms with Crippen molar-refractivity contribution in [1.82, 2.24) is 0 Å². The van der Waals surface area contributed by atoms with Gasteiger partial charge in [0.1, 0.15) is 0 Å². The van der Waals surface area contributed by atoms with Crippen LogP contribution in [0.3, 0.4) is 0 Å². The Morgan fingerprint density at radius 2 is 1.37 bits per heavy atom. The highest BCUT2D eigenvalue weighted by molar-refractivity contribution is 7.20. The van der Waals surface area contributed by atoms with Gasteiger partial charge in [0.05, 0.1) is 10.0 Å². The van der Waals surface area contributed by atoms with E-state index >= 15 is 0 Å². The van der Waals surface area contributed by atoms with E-state index in [-0.39, 0.29) is 11.8 Å². The van der Waals surface area contributed by atoms with E-state index < -0.39 is 0 Å². The molecule has 0 radical (unpaired) electrons. The summed E-state index contributed by atoms with van der Waals surface area (Å²) >= 11 is 1.39. The van der Waals surface area contributed by atoms with Crippen LogP contribution in [0.5, 0.6) is 0 Å². The third-order valence-electron chi connectivity index (χ3n) is 2.65. The third kappa shape index (κ3) is 6.38. The van der Waals surface area contributed by atoms with E-state index in [1.54, 1.807) is 0 Å². The minimum atomic E-state index is 0.0348. The lowest BCUT2D eigenvalue weighted by Crippen LogP contribution is -2.10. The van der Waals surface area contributed by atoms with Gasteiger partial charge in [-0.15, -0.1) is 11.3 Å². The Balaban J connectivity index is 2.39. The monoisotopic (exact) mass is 282 g/mol. The molecule has 0 aliphatic heterocycles. The molecule has 2 amide bonds. The molecule has 19 heavy (non-hydrogen) atoms. The Bertz CT molecular complexity index is 379. The molecule has 0 fully saturated rings. The molecule has 0 spiro atoms. The molecule has 0 saturated carbocycles. The molecule has 0 saturated heterocycles. The molecule has 0 bridgehead atoms. The quantitative estimate of drug-likeness (QED) is 0.757. The Morgan fingerprint density at radius 1 is 0.947 bits per heavy atom. The molecular weight excluding hydrogens is 260 g/mol. The van der Waals surface area contributed by atoms with Gasteiger partial charge in [0, 0.05) is 12.8 Å². The third-order valence-corrected chi connectivity index (χ3v) is 3.56. The number of rotatable bonds is 8. The number of carbonyl (C=O) groups is 2. The second kappa shape index (κ2) is 8.69. The van der Waals surface area contributed by atoms with Gasteiger partial charge in [-0.2, -0.15) is 0 Å². The summed E-state index contributed by atoms with van der Waals surface area (Å²) in [5.74, 6) is 0.0696. The van der Waals surface area contributed by atoms with Crippen LogP contribution in [0.1, 0.15) is 52.4 Å². The van der Waals surface area contributed by atoms with Gasteiger partial charge >= 0.3 is 0 Å². The molecule has 0 aliphatic rings. The lowest BCUT2D eigenvalue weighted by molar-refractivity contribution is -0.117. The first-order valence-corrected chi connectivity index (χ1v) is 7.66. The van der Waals surface area contributed by atoms with Crippen molar-refractivity contribution in [3.05, 3.63) is 12.1 Å². The lowest BCUT2D eigenvalue weighted by Gasteiger charge is -2.02. The molecule has 106 valence electrons. The van der Waals surface area contributed by atoms with Gasteiger partial charge in [-0.25, -0.2) is 0 Å². The SMILES string of the molecule is CCCCC(=O)Nc1ccc(NC(=O)CCCC)s1. The molecule has 4 nitrogen and oxygen atoms in total. The highest BCUT2D eigenvalue weighted by atomic mass is 32.1. The number of carbonyl (C=O) groups excluding carboxylic acids is 2. The first kappa shape index (κ1) is 15.7. The Morgan fingerprint density at radius 3 is 1.74 bits per heavy atom. The van der Waals surface area contributed by atoms with Crippen LogP contribution in [-0.2, 0) is 9.59 Å². The highest BCUT2D eigenvalue weighted by Gasteiger charge is 2.07. The molecule has 5 heteroatoms. The number of thiophene rings is 1. The van der Waals surface area contributed by atoms with Crippen molar-refractivity contribution in [3.63, 3.8) is 0 Å². The van der Waals surface area contributed by atoms with E-state index in [1.807, 2.05) is 12.1 Å². The Labute approximate surface area is 118 Å². The van der Waals surface area contributed by atoms with Gasteiger partial charge in [-0.05, 0) is 25.0 Å². The molecule has 1 aromatic heterocycles. The maximum Gasteiger partial charge on any atom is 0.224 e. The molecule has 1 rings (SSSR count). The summed E-state index contributed by atoms with van der Waals surface area (Å²) in [7, 11) is 0. The molecule has 0 aliphatic carbocycles. The first-order chi connectivity index (χ1) is 9.15. The van der Waals surface area contributed by atoms with Crippen LogP contribution < -0.4 is 10.6 Å². The molecule has 0 unspecified atom stereocenters. The van der Waals surface area contributed by atoms with E-state index in [0.717, 1.165) is 35.7 Å². The van der Waals surface area contributed by atoms with E-state index in [0.29, 0.717) is 12.8 Å². The second-order valence-electron chi connectivity index (χ2n) is 4.47. The second-order valence-corrected chi connectivity index (χ2v) is 5.55. The largest absolute Gasteiger partial charge is 0.318 e. The normalized spacial score (nSPS) is 10.2. The summed E-state index contributed by atoms with van der Waals surface area (Å²) in [5, 5.41) is 7.25. The number of unbranched alkanes of at least 4 members (excludes halogenated alkanes) is 2. The summed E-state index contributed by atoms with van der Waals surface area (Å²) in [4.78, 5) is 23.1. The highest BCUT2D eigenvalue weighted by Crippen LogP contribution is 2.27. The van der Waals surface area contributed by atoms with Gasteiger partial charge in [0.15, 0.2) is 0 Å². The molecule has 2 N–H and O–H groups in total. The van der Waals surface area contributed by atoms with Crippen LogP contribution >= 0.6 is 11.3 Å². The smallest absolute Gasteiger partial charge is 0.224 e. The molecule has 1 heterocycles. The summed E-state index contributed by atoms with van der Waals surface area (Å²) < 4.78 is 0. The molecular formula is C14H22N2O2S. The predicted octanol–water partition coefficient (Wildman–Crippen LogP) is 4.01. The first-order valence-electron chi connectivity index (χ1n) is 6.85. The maximum absolute atomic E-state index is 11.6. The maximum atomic E-state index is 11.6. The molecule has 0 atom stereocenters. The average molecular weight is 282 g/mol. The fraction of sp³-hybridized carbons (Fsp3) is 0.571. The van der Waals surface area contributed by atoms with Crippen LogP contribution in [0.2, 0.25) is 0 Å². The van der Waals surface area contributed by atoms with Crippen molar-refractivity contribution in [2.45, 2.75) is 52.4 Å². The van der Waals surface area contributed by atoms with Crippen LogP contribution in [0.15, 0.2) is 12.1 Å². The van der Waals surface area contributed by atoms with Crippen molar-refractivity contribution in [2.75, 3.05) is 10.6 Å². The summed E-state index contributed by atoms with van der Waals surface area (Å²) in [6.45, 7) is 4.12. The topological polar surface area (TPSA) is 58.2 Å². The lowest BCUT2D eigenvalue weighted by atomic mass is 10.2. The number of anilines is 2. The standard InChI is InChI=1S/C14H22N2O2S/c1-3-5-7-11(17)15-13-9-10-14(19-13)16-12(18)8-6-4-2/h9-10H,3-8H2,1-2H3,(H,15,17)(H,16,18). The number of hydrogen-bond acceptors (Lipinski definition) is 3. The van der Waals surface area contributed by atoms with Crippen molar-refractivity contribution in [2.24, 2.45) is 0 Å². The van der Waals surface area contributed by atoms with E-state index in [2.05, 4.69) is 24.5 Å². The average Bonchev–Trinajstić information content (AvgIpc) is 2.81. The van der Waals surface area contributed by atoms with Crippen molar-refractivity contribution in [3.8, 4) is 0 Å². The molecule has 0 aromatic carbocycles.